The fraction of sp³-hybridized carbons (Fsp3) is 0.500. The summed E-state index contributed by atoms with van der Waals surface area (Å²) < 4.78 is 0. The monoisotopic (exact) mass is 436 g/mol. The Morgan fingerprint density at radius 1 is 0.812 bits per heavy atom. The third-order valence-corrected chi connectivity index (χ3v) is 6.44. The van der Waals surface area contributed by atoms with E-state index in [1.165, 1.54) is 0 Å². The second-order valence-corrected chi connectivity index (χ2v) is 8.49. The maximum atomic E-state index is 12.7. The Kier molecular flexibility index (Phi) is 7.32. The average molecular weight is 437 g/mol. The lowest BCUT2D eigenvalue weighted by molar-refractivity contribution is -0.134. The predicted octanol–water partition coefficient (Wildman–Crippen LogP) is 1.21. The molecule has 1 aromatic carbocycles. The van der Waals surface area contributed by atoms with Gasteiger partial charge in [0.25, 0.3) is 0 Å². The molecular formula is C24H32N6O2. The molecule has 0 aliphatic carbocycles. The van der Waals surface area contributed by atoms with Crippen molar-refractivity contribution < 1.29 is 9.59 Å². The SMILES string of the molecule is Cc1ccccc1CC(=O)N1CCN(CCC(=O)N2CCN(c3ncccn3)CC2)CC1. The summed E-state index contributed by atoms with van der Waals surface area (Å²) in [4.78, 5) is 42.2. The molecule has 0 spiro atoms. The largest absolute Gasteiger partial charge is 0.340 e. The highest BCUT2D eigenvalue weighted by molar-refractivity contribution is 5.79. The van der Waals surface area contributed by atoms with Gasteiger partial charge in [0, 0.05) is 77.7 Å². The van der Waals surface area contributed by atoms with E-state index in [-0.39, 0.29) is 11.8 Å². The van der Waals surface area contributed by atoms with E-state index < -0.39 is 0 Å². The van der Waals surface area contributed by atoms with E-state index in [1.54, 1.807) is 12.4 Å². The van der Waals surface area contributed by atoms with E-state index >= 15 is 0 Å². The maximum Gasteiger partial charge on any atom is 0.227 e. The molecule has 2 saturated heterocycles. The number of hydrogen-bond donors (Lipinski definition) is 0. The number of aromatic nitrogens is 2. The van der Waals surface area contributed by atoms with Crippen molar-refractivity contribution >= 4 is 17.8 Å². The molecule has 2 aromatic rings. The summed E-state index contributed by atoms with van der Waals surface area (Å²) >= 11 is 0. The van der Waals surface area contributed by atoms with Crippen LogP contribution >= 0.6 is 0 Å². The van der Waals surface area contributed by atoms with Crippen LogP contribution in [0.15, 0.2) is 42.7 Å². The molecule has 0 radical (unpaired) electrons. The lowest BCUT2D eigenvalue weighted by atomic mass is 10.1. The number of aryl methyl sites for hydroxylation is 1. The van der Waals surface area contributed by atoms with E-state index in [4.69, 9.17) is 0 Å². The molecule has 0 saturated carbocycles. The molecule has 170 valence electrons. The van der Waals surface area contributed by atoms with Gasteiger partial charge in [-0.1, -0.05) is 24.3 Å². The third-order valence-electron chi connectivity index (χ3n) is 6.44. The predicted molar refractivity (Wildman–Crippen MR) is 123 cm³/mol. The number of hydrogen-bond acceptors (Lipinski definition) is 6. The number of piperazine rings is 2. The van der Waals surface area contributed by atoms with Crippen molar-refractivity contribution in [3.05, 3.63) is 53.9 Å². The van der Waals surface area contributed by atoms with Crippen LogP contribution in [-0.4, -0.2) is 95.4 Å². The molecule has 4 rings (SSSR count). The summed E-state index contributed by atoms with van der Waals surface area (Å²) in [5, 5.41) is 0. The number of carbonyl (C=O) groups is 2. The maximum absolute atomic E-state index is 12.7. The minimum Gasteiger partial charge on any atom is -0.340 e. The van der Waals surface area contributed by atoms with Crippen LogP contribution in [0.5, 0.6) is 0 Å². The highest BCUT2D eigenvalue weighted by atomic mass is 16.2. The fourth-order valence-electron chi connectivity index (χ4n) is 4.33. The van der Waals surface area contributed by atoms with Crippen molar-refractivity contribution in [3.8, 4) is 0 Å². The van der Waals surface area contributed by atoms with Gasteiger partial charge in [-0.15, -0.1) is 0 Å². The van der Waals surface area contributed by atoms with Gasteiger partial charge in [0.2, 0.25) is 17.8 Å². The summed E-state index contributed by atoms with van der Waals surface area (Å²) in [7, 11) is 0. The van der Waals surface area contributed by atoms with Crippen LogP contribution in [0.4, 0.5) is 5.95 Å². The molecule has 3 heterocycles. The topological polar surface area (TPSA) is 72.9 Å². The second kappa shape index (κ2) is 10.5. The number of rotatable bonds is 6. The van der Waals surface area contributed by atoms with Crippen LogP contribution in [0.1, 0.15) is 17.5 Å². The van der Waals surface area contributed by atoms with Crippen LogP contribution in [-0.2, 0) is 16.0 Å². The highest BCUT2D eigenvalue weighted by Crippen LogP contribution is 2.13. The number of nitrogens with zero attached hydrogens (tertiary/aromatic N) is 6. The van der Waals surface area contributed by atoms with E-state index in [1.807, 2.05) is 47.1 Å². The third kappa shape index (κ3) is 5.62. The van der Waals surface area contributed by atoms with Gasteiger partial charge in [0.05, 0.1) is 6.42 Å². The summed E-state index contributed by atoms with van der Waals surface area (Å²) in [5.41, 5.74) is 2.26. The molecule has 0 atom stereocenters. The minimum absolute atomic E-state index is 0.190. The van der Waals surface area contributed by atoms with Gasteiger partial charge < -0.3 is 14.7 Å². The first-order valence-electron chi connectivity index (χ1n) is 11.4. The van der Waals surface area contributed by atoms with Gasteiger partial charge in [-0.3, -0.25) is 14.5 Å². The van der Waals surface area contributed by atoms with E-state index in [0.29, 0.717) is 25.9 Å². The zero-order valence-corrected chi connectivity index (χ0v) is 18.8. The van der Waals surface area contributed by atoms with Crippen molar-refractivity contribution in [2.75, 3.05) is 63.8 Å². The van der Waals surface area contributed by atoms with Crippen molar-refractivity contribution in [3.63, 3.8) is 0 Å². The molecule has 8 heteroatoms. The Balaban J connectivity index is 1.16. The Morgan fingerprint density at radius 2 is 1.44 bits per heavy atom. The summed E-state index contributed by atoms with van der Waals surface area (Å²) in [5.74, 6) is 1.13. The number of amides is 2. The Bertz CT molecular complexity index is 906. The van der Waals surface area contributed by atoms with Gasteiger partial charge in [-0.2, -0.15) is 0 Å². The molecule has 8 nitrogen and oxygen atoms in total. The standard InChI is InChI=1S/C24H32N6O2/c1-20-5-2-3-6-21(20)19-23(32)29-13-11-27(12-14-29)10-7-22(31)28-15-17-30(18-16-28)24-25-8-4-9-26-24/h2-6,8-9H,7,10-19H2,1H3. The molecule has 2 aliphatic heterocycles. The van der Waals surface area contributed by atoms with Crippen molar-refractivity contribution in [2.45, 2.75) is 19.8 Å². The molecule has 2 aliphatic rings. The zero-order chi connectivity index (χ0) is 22.3. The first kappa shape index (κ1) is 22.2. The zero-order valence-electron chi connectivity index (χ0n) is 18.8. The molecule has 2 amide bonds. The van der Waals surface area contributed by atoms with Crippen LogP contribution < -0.4 is 4.90 Å². The number of anilines is 1. The van der Waals surface area contributed by atoms with Crippen molar-refractivity contribution in [1.82, 2.24) is 24.7 Å². The first-order valence-corrected chi connectivity index (χ1v) is 11.4. The summed E-state index contributed by atoms with van der Waals surface area (Å²) in [6.07, 6.45) is 4.48. The van der Waals surface area contributed by atoms with Gasteiger partial charge in [-0.25, -0.2) is 9.97 Å². The Hall–Kier alpha value is -3.00. The number of benzene rings is 1. The Morgan fingerprint density at radius 3 is 2.12 bits per heavy atom. The quantitative estimate of drug-likeness (QED) is 0.678. The second-order valence-electron chi connectivity index (χ2n) is 8.49. The minimum atomic E-state index is 0.190. The molecular weight excluding hydrogens is 404 g/mol. The van der Waals surface area contributed by atoms with Gasteiger partial charge in [0.1, 0.15) is 0 Å². The van der Waals surface area contributed by atoms with E-state index in [0.717, 1.165) is 62.9 Å². The van der Waals surface area contributed by atoms with Crippen molar-refractivity contribution in [2.24, 2.45) is 0 Å². The average Bonchev–Trinajstić information content (AvgIpc) is 2.85. The van der Waals surface area contributed by atoms with Crippen LogP contribution in [0, 0.1) is 6.92 Å². The van der Waals surface area contributed by atoms with Crippen LogP contribution in [0.3, 0.4) is 0 Å². The molecule has 2 fully saturated rings. The molecule has 32 heavy (non-hydrogen) atoms. The fourth-order valence-corrected chi connectivity index (χ4v) is 4.33. The molecule has 0 bridgehead atoms. The smallest absolute Gasteiger partial charge is 0.227 e. The molecule has 0 unspecified atom stereocenters. The Labute approximate surface area is 189 Å². The highest BCUT2D eigenvalue weighted by Gasteiger charge is 2.25. The van der Waals surface area contributed by atoms with Crippen LogP contribution in [0.25, 0.3) is 0 Å². The van der Waals surface area contributed by atoms with Gasteiger partial charge >= 0.3 is 0 Å². The van der Waals surface area contributed by atoms with E-state index in [2.05, 4.69) is 19.8 Å². The summed E-state index contributed by atoms with van der Waals surface area (Å²) in [6, 6.07) is 9.87. The van der Waals surface area contributed by atoms with E-state index in [9.17, 15) is 9.59 Å². The van der Waals surface area contributed by atoms with Crippen molar-refractivity contribution in [1.29, 1.82) is 0 Å². The lowest BCUT2D eigenvalue weighted by Gasteiger charge is -2.36. The normalized spacial score (nSPS) is 17.5. The van der Waals surface area contributed by atoms with Gasteiger partial charge in [-0.05, 0) is 24.1 Å². The van der Waals surface area contributed by atoms with Crippen LogP contribution in [0.2, 0.25) is 0 Å². The number of carbonyl (C=O) groups excluding carboxylic acids is 2. The molecule has 0 N–H and O–H groups in total. The lowest BCUT2D eigenvalue weighted by Crippen LogP contribution is -2.51. The first-order chi connectivity index (χ1) is 15.6. The van der Waals surface area contributed by atoms with Gasteiger partial charge in [0.15, 0.2) is 0 Å². The summed E-state index contributed by atoms with van der Waals surface area (Å²) in [6.45, 7) is 8.85. The molecule has 1 aromatic heterocycles.